The SMILES string of the molecule is CC1CC(=O)C(CC2CCCC2)C1. The van der Waals surface area contributed by atoms with Crippen LogP contribution in [0.5, 0.6) is 0 Å². The molecule has 2 rings (SSSR count). The summed E-state index contributed by atoms with van der Waals surface area (Å²) in [6.07, 6.45) is 8.83. The van der Waals surface area contributed by atoms with Crippen molar-refractivity contribution in [2.45, 2.75) is 51.9 Å². The van der Waals surface area contributed by atoms with Crippen LogP contribution in [0.4, 0.5) is 0 Å². The van der Waals surface area contributed by atoms with Gasteiger partial charge < -0.3 is 0 Å². The standard InChI is InChI=1S/C12H20O/c1-9-6-11(12(13)7-9)8-10-4-2-3-5-10/h9-11H,2-8H2,1H3. The second-order valence-corrected chi connectivity index (χ2v) is 5.09. The van der Waals surface area contributed by atoms with Crippen LogP contribution in [0.3, 0.4) is 0 Å². The van der Waals surface area contributed by atoms with Gasteiger partial charge in [0.05, 0.1) is 0 Å². The van der Waals surface area contributed by atoms with Gasteiger partial charge in [-0.25, -0.2) is 0 Å². The number of hydrogen-bond donors (Lipinski definition) is 0. The third-order valence-electron chi connectivity index (χ3n) is 3.78. The molecule has 0 spiro atoms. The Morgan fingerprint density at radius 1 is 1.31 bits per heavy atom. The quantitative estimate of drug-likeness (QED) is 0.638. The van der Waals surface area contributed by atoms with Gasteiger partial charge in [-0.1, -0.05) is 32.6 Å². The summed E-state index contributed by atoms with van der Waals surface area (Å²) in [5.41, 5.74) is 0. The van der Waals surface area contributed by atoms with Crippen molar-refractivity contribution in [1.29, 1.82) is 0 Å². The molecule has 2 unspecified atom stereocenters. The van der Waals surface area contributed by atoms with E-state index in [-0.39, 0.29) is 0 Å². The van der Waals surface area contributed by atoms with Gasteiger partial charge in [-0.05, 0) is 24.7 Å². The molecule has 0 aliphatic heterocycles. The summed E-state index contributed by atoms with van der Waals surface area (Å²) in [7, 11) is 0. The Hall–Kier alpha value is -0.330. The number of carbonyl (C=O) groups is 1. The molecular formula is C12H20O. The number of rotatable bonds is 2. The molecule has 0 aromatic rings. The first-order valence-electron chi connectivity index (χ1n) is 5.78. The van der Waals surface area contributed by atoms with E-state index in [1.807, 2.05) is 0 Å². The molecule has 0 aromatic carbocycles. The first kappa shape index (κ1) is 9.23. The molecule has 13 heavy (non-hydrogen) atoms. The minimum atomic E-state index is 0.443. The maximum Gasteiger partial charge on any atom is 0.136 e. The zero-order valence-electron chi connectivity index (χ0n) is 8.59. The fourth-order valence-electron chi connectivity index (χ4n) is 3.09. The van der Waals surface area contributed by atoms with E-state index in [9.17, 15) is 4.79 Å². The van der Waals surface area contributed by atoms with Gasteiger partial charge in [-0.2, -0.15) is 0 Å². The van der Waals surface area contributed by atoms with E-state index in [4.69, 9.17) is 0 Å². The predicted octanol–water partition coefficient (Wildman–Crippen LogP) is 3.18. The molecule has 0 radical (unpaired) electrons. The van der Waals surface area contributed by atoms with Crippen LogP contribution < -0.4 is 0 Å². The average Bonchev–Trinajstić information content (AvgIpc) is 2.63. The van der Waals surface area contributed by atoms with Crippen molar-refractivity contribution in [2.75, 3.05) is 0 Å². The third kappa shape index (κ3) is 2.12. The topological polar surface area (TPSA) is 17.1 Å². The molecule has 2 atom stereocenters. The third-order valence-corrected chi connectivity index (χ3v) is 3.78. The highest BCUT2D eigenvalue weighted by atomic mass is 16.1. The zero-order valence-corrected chi connectivity index (χ0v) is 8.59. The Balaban J connectivity index is 1.83. The monoisotopic (exact) mass is 180 g/mol. The lowest BCUT2D eigenvalue weighted by Gasteiger charge is -2.13. The minimum absolute atomic E-state index is 0.443. The van der Waals surface area contributed by atoms with E-state index >= 15 is 0 Å². The first-order chi connectivity index (χ1) is 6.25. The van der Waals surface area contributed by atoms with E-state index < -0.39 is 0 Å². The van der Waals surface area contributed by atoms with Crippen LogP contribution in [0.1, 0.15) is 51.9 Å². The van der Waals surface area contributed by atoms with Crippen molar-refractivity contribution in [3.63, 3.8) is 0 Å². The summed E-state index contributed by atoms with van der Waals surface area (Å²) in [4.78, 5) is 11.6. The van der Waals surface area contributed by atoms with Gasteiger partial charge in [0.1, 0.15) is 5.78 Å². The fourth-order valence-corrected chi connectivity index (χ4v) is 3.09. The lowest BCUT2D eigenvalue weighted by molar-refractivity contribution is -0.121. The van der Waals surface area contributed by atoms with Crippen LogP contribution in [0.25, 0.3) is 0 Å². The molecule has 0 N–H and O–H groups in total. The Morgan fingerprint density at radius 3 is 2.54 bits per heavy atom. The minimum Gasteiger partial charge on any atom is -0.299 e. The largest absolute Gasteiger partial charge is 0.299 e. The lowest BCUT2D eigenvalue weighted by atomic mass is 9.91. The molecule has 0 amide bonds. The highest BCUT2D eigenvalue weighted by molar-refractivity contribution is 5.83. The molecular weight excluding hydrogens is 160 g/mol. The molecule has 1 nitrogen and oxygen atoms in total. The summed E-state index contributed by atoms with van der Waals surface area (Å²) in [5, 5.41) is 0. The summed E-state index contributed by atoms with van der Waals surface area (Å²) >= 11 is 0. The van der Waals surface area contributed by atoms with E-state index in [0.717, 1.165) is 12.3 Å². The average molecular weight is 180 g/mol. The van der Waals surface area contributed by atoms with Crippen molar-refractivity contribution in [2.24, 2.45) is 17.8 Å². The summed E-state index contributed by atoms with van der Waals surface area (Å²) in [6.45, 7) is 2.21. The smallest absolute Gasteiger partial charge is 0.136 e. The molecule has 74 valence electrons. The first-order valence-corrected chi connectivity index (χ1v) is 5.78. The van der Waals surface area contributed by atoms with Gasteiger partial charge in [-0.3, -0.25) is 4.79 Å². The van der Waals surface area contributed by atoms with Crippen LogP contribution in [-0.2, 0) is 4.79 Å². The highest BCUT2D eigenvalue weighted by Gasteiger charge is 2.32. The van der Waals surface area contributed by atoms with Crippen molar-refractivity contribution in [3.8, 4) is 0 Å². The van der Waals surface area contributed by atoms with Crippen molar-refractivity contribution in [1.82, 2.24) is 0 Å². The maximum absolute atomic E-state index is 11.6. The van der Waals surface area contributed by atoms with Crippen LogP contribution in [-0.4, -0.2) is 5.78 Å². The van der Waals surface area contributed by atoms with Gasteiger partial charge in [-0.15, -0.1) is 0 Å². The van der Waals surface area contributed by atoms with Crippen LogP contribution in [0, 0.1) is 17.8 Å². The molecule has 0 heterocycles. The number of ketones is 1. The molecule has 2 fully saturated rings. The van der Waals surface area contributed by atoms with Gasteiger partial charge in [0.25, 0.3) is 0 Å². The lowest BCUT2D eigenvalue weighted by Crippen LogP contribution is -2.10. The Bertz CT molecular complexity index is 191. The zero-order chi connectivity index (χ0) is 9.26. The van der Waals surface area contributed by atoms with Crippen LogP contribution >= 0.6 is 0 Å². The second-order valence-electron chi connectivity index (χ2n) is 5.09. The highest BCUT2D eigenvalue weighted by Crippen LogP contribution is 2.37. The molecule has 2 saturated carbocycles. The number of hydrogen-bond acceptors (Lipinski definition) is 1. The molecule has 0 bridgehead atoms. The normalized spacial score (nSPS) is 35.9. The van der Waals surface area contributed by atoms with E-state index in [1.54, 1.807) is 0 Å². The second kappa shape index (κ2) is 3.81. The van der Waals surface area contributed by atoms with Gasteiger partial charge in [0.15, 0.2) is 0 Å². The Morgan fingerprint density at radius 2 is 2.00 bits per heavy atom. The molecule has 2 aliphatic rings. The van der Waals surface area contributed by atoms with E-state index in [0.29, 0.717) is 17.6 Å². The van der Waals surface area contributed by atoms with Crippen molar-refractivity contribution >= 4 is 5.78 Å². The molecule has 0 aromatic heterocycles. The van der Waals surface area contributed by atoms with Crippen molar-refractivity contribution in [3.05, 3.63) is 0 Å². The molecule has 2 aliphatic carbocycles. The summed E-state index contributed by atoms with van der Waals surface area (Å²) < 4.78 is 0. The van der Waals surface area contributed by atoms with Gasteiger partial charge >= 0.3 is 0 Å². The van der Waals surface area contributed by atoms with Crippen LogP contribution in [0.2, 0.25) is 0 Å². The fraction of sp³-hybridized carbons (Fsp3) is 0.917. The molecule has 0 saturated heterocycles. The number of Topliss-reactive ketones (excluding diaryl/α,β-unsaturated/α-hetero) is 1. The van der Waals surface area contributed by atoms with E-state index in [1.165, 1.54) is 38.5 Å². The van der Waals surface area contributed by atoms with E-state index in [2.05, 4.69) is 6.92 Å². The maximum atomic E-state index is 11.6. The van der Waals surface area contributed by atoms with Crippen LogP contribution in [0.15, 0.2) is 0 Å². The summed E-state index contributed by atoms with van der Waals surface area (Å²) in [6, 6.07) is 0. The molecule has 1 heteroatoms. The van der Waals surface area contributed by atoms with Gasteiger partial charge in [0.2, 0.25) is 0 Å². The summed E-state index contributed by atoms with van der Waals surface area (Å²) in [5.74, 6) is 2.55. The predicted molar refractivity (Wildman–Crippen MR) is 53.5 cm³/mol. The van der Waals surface area contributed by atoms with Crippen molar-refractivity contribution < 1.29 is 4.79 Å². The van der Waals surface area contributed by atoms with Gasteiger partial charge in [0, 0.05) is 12.3 Å². The Labute approximate surface area is 80.9 Å². The Kier molecular flexibility index (Phi) is 2.71. The number of carbonyl (C=O) groups excluding carboxylic acids is 1.